The van der Waals surface area contributed by atoms with Gasteiger partial charge in [-0.05, 0) is 25.7 Å². The van der Waals surface area contributed by atoms with Crippen LogP contribution in [-0.2, 0) is 4.79 Å². The number of carbonyl (C=O) groups excluding carboxylic acids is 1. The van der Waals surface area contributed by atoms with Crippen LogP contribution in [0.25, 0.3) is 0 Å². The smallest absolute Gasteiger partial charge is 0.328 e. The number of hydrogen-bond donors (Lipinski definition) is 4. The molecule has 0 aromatic carbocycles. The van der Waals surface area contributed by atoms with Gasteiger partial charge in [0.15, 0.2) is 6.04 Å². The molecule has 0 aliphatic heterocycles. The van der Waals surface area contributed by atoms with Gasteiger partial charge in [-0.15, -0.1) is 0 Å². The van der Waals surface area contributed by atoms with Crippen LogP contribution >= 0.6 is 0 Å². The molecule has 0 rings (SSSR count). The number of urea groups is 1. The average Bonchev–Trinajstić information content (AvgIpc) is 2.08. The Kier molecular flexibility index (Phi) is 5.60. The number of aliphatic hydroxyl groups is 1. The lowest BCUT2D eigenvalue weighted by Crippen LogP contribution is -2.54. The van der Waals surface area contributed by atoms with Crippen molar-refractivity contribution in [2.24, 2.45) is 5.41 Å². The highest BCUT2D eigenvalue weighted by Gasteiger charge is 2.28. The fourth-order valence-corrected chi connectivity index (χ4v) is 2.06. The molecule has 0 bridgehead atoms. The quantitative estimate of drug-likeness (QED) is 0.591. The van der Waals surface area contributed by atoms with Gasteiger partial charge >= 0.3 is 12.0 Å². The minimum Gasteiger partial charge on any atom is -0.480 e. The zero-order valence-corrected chi connectivity index (χ0v) is 11.7. The molecule has 0 saturated carbocycles. The maximum Gasteiger partial charge on any atom is 0.328 e. The fraction of sp³-hybridized carbons (Fsp3) is 0.833. The van der Waals surface area contributed by atoms with E-state index in [0.717, 1.165) is 6.42 Å². The van der Waals surface area contributed by atoms with Crippen LogP contribution in [0.15, 0.2) is 0 Å². The largest absolute Gasteiger partial charge is 0.480 e. The number of amides is 2. The fourth-order valence-electron chi connectivity index (χ4n) is 2.06. The van der Waals surface area contributed by atoms with Gasteiger partial charge in [0.05, 0.1) is 6.61 Å². The van der Waals surface area contributed by atoms with E-state index in [-0.39, 0.29) is 5.41 Å². The summed E-state index contributed by atoms with van der Waals surface area (Å²) in [7, 11) is 0. The lowest BCUT2D eigenvalue weighted by atomic mass is 9.82. The van der Waals surface area contributed by atoms with Gasteiger partial charge in [-0.3, -0.25) is 0 Å². The summed E-state index contributed by atoms with van der Waals surface area (Å²) < 4.78 is 0. The standard InChI is InChI=1S/C12H24N2O4/c1-11(2,3)7-12(4,5)14-10(18)13-8(6-15)9(16)17/h8,15H,6-7H2,1-5H3,(H,16,17)(H2,13,14,18). The Balaban J connectivity index is 4.43. The van der Waals surface area contributed by atoms with Crippen molar-refractivity contribution >= 4 is 12.0 Å². The van der Waals surface area contributed by atoms with Crippen molar-refractivity contribution < 1.29 is 19.8 Å². The van der Waals surface area contributed by atoms with Crippen LogP contribution in [0.4, 0.5) is 4.79 Å². The van der Waals surface area contributed by atoms with Crippen molar-refractivity contribution in [1.29, 1.82) is 0 Å². The van der Waals surface area contributed by atoms with Gasteiger partial charge in [0, 0.05) is 5.54 Å². The molecule has 1 unspecified atom stereocenters. The molecular weight excluding hydrogens is 236 g/mol. The number of carboxylic acid groups (broad SMARTS) is 1. The van der Waals surface area contributed by atoms with Gasteiger partial charge < -0.3 is 20.8 Å². The normalized spacial score (nSPS) is 13.9. The Hall–Kier alpha value is -1.30. The number of aliphatic carboxylic acids is 1. The Morgan fingerprint density at radius 1 is 1.17 bits per heavy atom. The molecule has 0 saturated heterocycles. The third-order valence-electron chi connectivity index (χ3n) is 2.21. The lowest BCUT2D eigenvalue weighted by molar-refractivity contribution is -0.140. The molecule has 0 aromatic heterocycles. The molecule has 0 aliphatic carbocycles. The SMILES string of the molecule is CC(C)(C)CC(C)(C)NC(=O)NC(CO)C(=O)O. The molecule has 18 heavy (non-hydrogen) atoms. The van der Waals surface area contributed by atoms with Gasteiger partial charge in [-0.25, -0.2) is 9.59 Å². The zero-order valence-electron chi connectivity index (χ0n) is 11.7. The molecule has 6 heteroatoms. The summed E-state index contributed by atoms with van der Waals surface area (Å²) in [6.45, 7) is 9.27. The van der Waals surface area contributed by atoms with E-state index in [1.165, 1.54) is 0 Å². The van der Waals surface area contributed by atoms with Gasteiger partial charge in [0.2, 0.25) is 0 Å². The van der Waals surface area contributed by atoms with Crippen LogP contribution in [-0.4, -0.2) is 40.4 Å². The van der Waals surface area contributed by atoms with E-state index in [1.54, 1.807) is 0 Å². The molecule has 0 fully saturated rings. The summed E-state index contributed by atoms with van der Waals surface area (Å²) in [5, 5.41) is 22.4. The van der Waals surface area contributed by atoms with Gasteiger partial charge in [-0.2, -0.15) is 0 Å². The maximum absolute atomic E-state index is 11.6. The summed E-state index contributed by atoms with van der Waals surface area (Å²) in [6.07, 6.45) is 0.740. The molecule has 1 atom stereocenters. The first-order chi connectivity index (χ1) is 7.97. The third-order valence-corrected chi connectivity index (χ3v) is 2.21. The minimum absolute atomic E-state index is 0.0416. The van der Waals surface area contributed by atoms with E-state index in [0.29, 0.717) is 0 Å². The topological polar surface area (TPSA) is 98.7 Å². The predicted octanol–water partition coefficient (Wildman–Crippen LogP) is 0.946. The number of hydrogen-bond acceptors (Lipinski definition) is 3. The van der Waals surface area contributed by atoms with Crippen LogP contribution in [0.5, 0.6) is 0 Å². The third kappa shape index (κ3) is 7.11. The van der Waals surface area contributed by atoms with E-state index < -0.39 is 30.2 Å². The van der Waals surface area contributed by atoms with Gasteiger partial charge in [0.1, 0.15) is 0 Å². The van der Waals surface area contributed by atoms with Crippen LogP contribution in [0.2, 0.25) is 0 Å². The maximum atomic E-state index is 11.6. The van der Waals surface area contributed by atoms with Crippen LogP contribution < -0.4 is 10.6 Å². The monoisotopic (exact) mass is 260 g/mol. The number of aliphatic hydroxyl groups excluding tert-OH is 1. The molecule has 0 spiro atoms. The van der Waals surface area contributed by atoms with E-state index in [4.69, 9.17) is 10.2 Å². The Labute approximate surface area is 108 Å². The minimum atomic E-state index is -1.28. The van der Waals surface area contributed by atoms with E-state index in [9.17, 15) is 9.59 Å². The molecule has 2 amide bonds. The average molecular weight is 260 g/mol. The Bertz CT molecular complexity index is 308. The van der Waals surface area contributed by atoms with Crippen LogP contribution in [0.1, 0.15) is 41.0 Å². The Morgan fingerprint density at radius 2 is 1.67 bits per heavy atom. The second-order valence-corrected chi connectivity index (χ2v) is 6.29. The molecule has 6 nitrogen and oxygen atoms in total. The van der Waals surface area contributed by atoms with Crippen molar-refractivity contribution in [2.75, 3.05) is 6.61 Å². The number of carbonyl (C=O) groups is 2. The molecule has 0 aromatic rings. The highest BCUT2D eigenvalue weighted by Crippen LogP contribution is 2.26. The first kappa shape index (κ1) is 16.7. The van der Waals surface area contributed by atoms with Crippen LogP contribution in [0.3, 0.4) is 0 Å². The molecule has 0 heterocycles. The second kappa shape index (κ2) is 6.04. The predicted molar refractivity (Wildman–Crippen MR) is 68.3 cm³/mol. The summed E-state index contributed by atoms with van der Waals surface area (Å²) in [4.78, 5) is 22.3. The number of rotatable bonds is 5. The first-order valence-corrected chi connectivity index (χ1v) is 5.89. The van der Waals surface area contributed by atoms with Crippen molar-refractivity contribution in [3.63, 3.8) is 0 Å². The van der Waals surface area contributed by atoms with Crippen molar-refractivity contribution in [2.45, 2.75) is 52.6 Å². The number of carboxylic acids is 1. The molecule has 106 valence electrons. The molecule has 4 N–H and O–H groups in total. The molecular formula is C12H24N2O4. The van der Waals surface area contributed by atoms with Crippen LogP contribution in [0, 0.1) is 5.41 Å². The first-order valence-electron chi connectivity index (χ1n) is 5.89. The highest BCUT2D eigenvalue weighted by atomic mass is 16.4. The summed E-state index contributed by atoms with van der Waals surface area (Å²) in [5.74, 6) is -1.26. The van der Waals surface area contributed by atoms with Crippen molar-refractivity contribution in [3.05, 3.63) is 0 Å². The van der Waals surface area contributed by atoms with E-state index >= 15 is 0 Å². The summed E-state index contributed by atoms with van der Waals surface area (Å²) >= 11 is 0. The van der Waals surface area contributed by atoms with Gasteiger partial charge in [-0.1, -0.05) is 20.8 Å². The highest BCUT2D eigenvalue weighted by molar-refractivity contribution is 5.82. The second-order valence-electron chi connectivity index (χ2n) is 6.29. The zero-order chi connectivity index (χ0) is 14.6. The van der Waals surface area contributed by atoms with Crippen molar-refractivity contribution in [3.8, 4) is 0 Å². The number of nitrogens with one attached hydrogen (secondary N) is 2. The molecule has 0 radical (unpaired) electrons. The van der Waals surface area contributed by atoms with Crippen molar-refractivity contribution in [1.82, 2.24) is 10.6 Å². The van der Waals surface area contributed by atoms with E-state index in [1.807, 2.05) is 13.8 Å². The lowest BCUT2D eigenvalue weighted by Gasteiger charge is -2.33. The van der Waals surface area contributed by atoms with E-state index in [2.05, 4.69) is 31.4 Å². The summed E-state index contributed by atoms with van der Waals surface area (Å²) in [5.41, 5.74) is -0.416. The van der Waals surface area contributed by atoms with Gasteiger partial charge in [0.25, 0.3) is 0 Å². The molecule has 0 aliphatic rings. The summed E-state index contributed by atoms with van der Waals surface area (Å²) in [6, 6.07) is -1.87. The Morgan fingerprint density at radius 3 is 2.00 bits per heavy atom.